The summed E-state index contributed by atoms with van der Waals surface area (Å²) in [5, 5.41) is 8.40. The molecule has 0 radical (unpaired) electrons. The van der Waals surface area contributed by atoms with Gasteiger partial charge >= 0.3 is 0 Å². The minimum Gasteiger partial charge on any atom is -0.489 e. The van der Waals surface area contributed by atoms with Gasteiger partial charge in [-0.2, -0.15) is 4.39 Å². The number of amides is 1. The Labute approximate surface area is 125 Å². The smallest absolute Gasteiger partial charge is 0.267 e. The number of carbonyl (C=O) groups excluding carboxylic acids is 1. The fourth-order valence-electron chi connectivity index (χ4n) is 1.83. The van der Waals surface area contributed by atoms with Gasteiger partial charge in [-0.3, -0.25) is 10.0 Å². The second-order valence-corrected chi connectivity index (χ2v) is 4.34. The summed E-state index contributed by atoms with van der Waals surface area (Å²) in [6.45, 7) is 0.505. The Morgan fingerprint density at radius 2 is 2.14 bits per heavy atom. The van der Waals surface area contributed by atoms with Crippen molar-refractivity contribution in [3.63, 3.8) is 0 Å². The maximum Gasteiger partial charge on any atom is 0.267 e. The summed E-state index contributed by atoms with van der Waals surface area (Å²) in [4.78, 5) is 10.9. The highest BCUT2D eigenvalue weighted by Crippen LogP contribution is 2.19. The van der Waals surface area contributed by atoms with Crippen molar-refractivity contribution in [2.45, 2.75) is 6.54 Å². The van der Waals surface area contributed by atoms with Crippen LogP contribution in [0.1, 0.15) is 5.69 Å². The number of hydrogen-bond acceptors (Lipinski definition) is 3. The number of rotatable bonds is 6. The van der Waals surface area contributed by atoms with Crippen molar-refractivity contribution in [1.82, 2.24) is 10.0 Å². The lowest BCUT2D eigenvalue weighted by Gasteiger charge is -2.09. The standard InChI is InChI=1S/C15H14F2N2O3/c16-12-4-1-5-13(15(12)17)22-10-9-19-8-2-3-11(19)6-7-14(20)18-21/h1-8,21H,9-10H2,(H,18,20). The molecule has 22 heavy (non-hydrogen) atoms. The van der Waals surface area contributed by atoms with Crippen LogP contribution in [0, 0.1) is 11.6 Å². The molecule has 5 nitrogen and oxygen atoms in total. The van der Waals surface area contributed by atoms with Gasteiger partial charge in [-0.1, -0.05) is 6.07 Å². The van der Waals surface area contributed by atoms with E-state index >= 15 is 0 Å². The fraction of sp³-hybridized carbons (Fsp3) is 0.133. The van der Waals surface area contributed by atoms with Gasteiger partial charge in [-0.05, 0) is 30.3 Å². The zero-order valence-electron chi connectivity index (χ0n) is 11.5. The molecule has 116 valence electrons. The van der Waals surface area contributed by atoms with E-state index in [1.165, 1.54) is 29.8 Å². The molecular formula is C15H14F2N2O3. The molecule has 2 aromatic rings. The van der Waals surface area contributed by atoms with Crippen LogP contribution < -0.4 is 10.2 Å². The lowest BCUT2D eigenvalue weighted by atomic mass is 10.3. The first kappa shape index (κ1) is 15.7. The highest BCUT2D eigenvalue weighted by atomic mass is 19.2. The first-order chi connectivity index (χ1) is 10.6. The Kier molecular flexibility index (Phi) is 5.26. The molecule has 0 atom stereocenters. The summed E-state index contributed by atoms with van der Waals surface area (Å²) < 4.78 is 33.4. The van der Waals surface area contributed by atoms with Crippen LogP contribution in [-0.4, -0.2) is 22.3 Å². The summed E-state index contributed by atoms with van der Waals surface area (Å²) in [7, 11) is 0. The van der Waals surface area contributed by atoms with Crippen LogP contribution in [-0.2, 0) is 11.3 Å². The number of nitrogens with one attached hydrogen (secondary N) is 1. The average Bonchev–Trinajstić information content (AvgIpc) is 2.96. The van der Waals surface area contributed by atoms with Crippen molar-refractivity contribution >= 4 is 12.0 Å². The van der Waals surface area contributed by atoms with E-state index in [9.17, 15) is 13.6 Å². The van der Waals surface area contributed by atoms with Crippen LogP contribution in [0.3, 0.4) is 0 Å². The van der Waals surface area contributed by atoms with Crippen molar-refractivity contribution in [1.29, 1.82) is 0 Å². The lowest BCUT2D eigenvalue weighted by Crippen LogP contribution is -2.15. The third-order valence-electron chi connectivity index (χ3n) is 2.89. The average molecular weight is 308 g/mol. The number of ether oxygens (including phenoxy) is 1. The van der Waals surface area contributed by atoms with Gasteiger partial charge in [0.05, 0.1) is 6.54 Å². The molecule has 0 spiro atoms. The molecule has 0 aliphatic heterocycles. The Morgan fingerprint density at radius 1 is 1.32 bits per heavy atom. The van der Waals surface area contributed by atoms with E-state index in [-0.39, 0.29) is 12.4 Å². The van der Waals surface area contributed by atoms with E-state index in [1.54, 1.807) is 22.9 Å². The zero-order chi connectivity index (χ0) is 15.9. The van der Waals surface area contributed by atoms with E-state index in [4.69, 9.17) is 9.94 Å². The summed E-state index contributed by atoms with van der Waals surface area (Å²) in [6, 6.07) is 7.25. The zero-order valence-corrected chi connectivity index (χ0v) is 11.5. The minimum atomic E-state index is -1.02. The Bertz CT molecular complexity index is 683. The number of hydrogen-bond donors (Lipinski definition) is 2. The maximum absolute atomic E-state index is 13.4. The number of nitrogens with zero attached hydrogens (tertiary/aromatic N) is 1. The quantitative estimate of drug-likeness (QED) is 0.489. The minimum absolute atomic E-state index is 0.127. The second kappa shape index (κ2) is 7.37. The number of carbonyl (C=O) groups is 1. The second-order valence-electron chi connectivity index (χ2n) is 4.34. The molecule has 1 heterocycles. The molecule has 0 aliphatic carbocycles. The van der Waals surface area contributed by atoms with E-state index < -0.39 is 17.5 Å². The molecule has 1 aromatic carbocycles. The van der Waals surface area contributed by atoms with Crippen LogP contribution in [0.5, 0.6) is 5.75 Å². The molecule has 2 rings (SSSR count). The van der Waals surface area contributed by atoms with E-state index in [1.807, 2.05) is 0 Å². The lowest BCUT2D eigenvalue weighted by molar-refractivity contribution is -0.124. The highest BCUT2D eigenvalue weighted by Gasteiger charge is 2.08. The molecule has 0 saturated heterocycles. The van der Waals surface area contributed by atoms with Gasteiger partial charge in [0.1, 0.15) is 6.61 Å². The molecular weight excluding hydrogens is 294 g/mol. The number of halogens is 2. The van der Waals surface area contributed by atoms with Crippen molar-refractivity contribution in [2.24, 2.45) is 0 Å². The largest absolute Gasteiger partial charge is 0.489 e. The summed E-state index contributed by atoms with van der Waals surface area (Å²) in [5.74, 6) is -2.78. The monoisotopic (exact) mass is 308 g/mol. The molecule has 2 N–H and O–H groups in total. The van der Waals surface area contributed by atoms with Crippen LogP contribution >= 0.6 is 0 Å². The predicted octanol–water partition coefficient (Wildman–Crippen LogP) is 2.36. The van der Waals surface area contributed by atoms with Crippen LogP contribution in [0.15, 0.2) is 42.6 Å². The van der Waals surface area contributed by atoms with Gasteiger partial charge in [0.15, 0.2) is 11.6 Å². The molecule has 1 aromatic heterocycles. The molecule has 7 heteroatoms. The SMILES string of the molecule is O=C(C=Cc1cccn1CCOc1cccc(F)c1F)NO. The van der Waals surface area contributed by atoms with Crippen molar-refractivity contribution in [2.75, 3.05) is 6.61 Å². The van der Waals surface area contributed by atoms with E-state index in [0.29, 0.717) is 12.2 Å². The van der Waals surface area contributed by atoms with Gasteiger partial charge in [-0.15, -0.1) is 0 Å². The summed E-state index contributed by atoms with van der Waals surface area (Å²) in [6.07, 6.45) is 4.43. The van der Waals surface area contributed by atoms with Gasteiger partial charge in [0.2, 0.25) is 5.82 Å². The van der Waals surface area contributed by atoms with E-state index in [0.717, 1.165) is 6.07 Å². The first-order valence-electron chi connectivity index (χ1n) is 6.46. The third kappa shape index (κ3) is 3.92. The number of aromatic nitrogens is 1. The Hall–Kier alpha value is -2.67. The fourth-order valence-corrected chi connectivity index (χ4v) is 1.83. The summed E-state index contributed by atoms with van der Waals surface area (Å²) in [5.41, 5.74) is 2.19. The number of benzene rings is 1. The third-order valence-corrected chi connectivity index (χ3v) is 2.89. The topological polar surface area (TPSA) is 63.5 Å². The number of hydroxylamine groups is 1. The Balaban J connectivity index is 1.95. The van der Waals surface area contributed by atoms with Crippen molar-refractivity contribution in [3.8, 4) is 5.75 Å². The van der Waals surface area contributed by atoms with Crippen LogP contribution in [0.4, 0.5) is 8.78 Å². The van der Waals surface area contributed by atoms with Gasteiger partial charge in [-0.25, -0.2) is 9.87 Å². The van der Waals surface area contributed by atoms with Gasteiger partial charge in [0.25, 0.3) is 5.91 Å². The van der Waals surface area contributed by atoms with Gasteiger partial charge < -0.3 is 9.30 Å². The molecule has 0 aliphatic rings. The molecule has 0 saturated carbocycles. The first-order valence-corrected chi connectivity index (χ1v) is 6.46. The molecule has 0 fully saturated rings. The Morgan fingerprint density at radius 3 is 2.91 bits per heavy atom. The van der Waals surface area contributed by atoms with Crippen LogP contribution in [0.25, 0.3) is 6.08 Å². The van der Waals surface area contributed by atoms with E-state index in [2.05, 4.69) is 0 Å². The molecule has 0 unspecified atom stereocenters. The van der Waals surface area contributed by atoms with Crippen LogP contribution in [0.2, 0.25) is 0 Å². The summed E-state index contributed by atoms with van der Waals surface area (Å²) >= 11 is 0. The van der Waals surface area contributed by atoms with Crippen molar-refractivity contribution in [3.05, 3.63) is 59.9 Å². The highest BCUT2D eigenvalue weighted by molar-refractivity contribution is 5.90. The van der Waals surface area contributed by atoms with Crippen molar-refractivity contribution < 1.29 is 23.5 Å². The normalized spacial score (nSPS) is 10.9. The molecule has 1 amide bonds. The van der Waals surface area contributed by atoms with Gasteiger partial charge in [0, 0.05) is 18.0 Å². The maximum atomic E-state index is 13.4. The molecule has 0 bridgehead atoms. The predicted molar refractivity (Wildman–Crippen MR) is 75.2 cm³/mol.